The van der Waals surface area contributed by atoms with Crippen molar-refractivity contribution in [2.45, 2.75) is 12.3 Å². The van der Waals surface area contributed by atoms with E-state index >= 15 is 0 Å². The molecule has 114 valence electrons. The number of hydrogen-bond donors (Lipinski definition) is 0. The summed E-state index contributed by atoms with van der Waals surface area (Å²) in [6, 6.07) is 11.8. The van der Waals surface area contributed by atoms with Crippen LogP contribution in [0, 0.1) is 17.1 Å². The molecule has 2 rings (SSSR count). The predicted molar refractivity (Wildman–Crippen MR) is 83.0 cm³/mol. The molecule has 1 atom stereocenters. The minimum Gasteiger partial charge on any atom is -0.497 e. The fourth-order valence-corrected chi connectivity index (χ4v) is 2.61. The number of benzene rings is 2. The highest BCUT2D eigenvalue weighted by Gasteiger charge is 2.21. The van der Waals surface area contributed by atoms with Crippen LogP contribution in [-0.4, -0.2) is 14.2 Å². The van der Waals surface area contributed by atoms with Crippen molar-refractivity contribution in [1.82, 2.24) is 0 Å². The van der Waals surface area contributed by atoms with Gasteiger partial charge < -0.3 is 9.47 Å². The van der Waals surface area contributed by atoms with E-state index in [1.807, 2.05) is 0 Å². The van der Waals surface area contributed by atoms with Crippen molar-refractivity contribution in [3.05, 3.63) is 58.4 Å². The number of halogens is 2. The molecule has 0 fully saturated rings. The van der Waals surface area contributed by atoms with E-state index in [1.165, 1.54) is 12.1 Å². The molecule has 2 aromatic rings. The van der Waals surface area contributed by atoms with Gasteiger partial charge in [-0.2, -0.15) is 5.26 Å². The molecule has 22 heavy (non-hydrogen) atoms. The molecular formula is C17H15ClFNO2. The summed E-state index contributed by atoms with van der Waals surface area (Å²) in [5.41, 5.74) is 0.962. The Balaban J connectivity index is 2.41. The van der Waals surface area contributed by atoms with Crippen LogP contribution in [-0.2, 0) is 6.42 Å². The Morgan fingerprint density at radius 3 is 2.59 bits per heavy atom. The van der Waals surface area contributed by atoms with Crippen molar-refractivity contribution in [1.29, 1.82) is 5.26 Å². The van der Waals surface area contributed by atoms with Gasteiger partial charge in [0.2, 0.25) is 0 Å². The van der Waals surface area contributed by atoms with Crippen LogP contribution in [0.5, 0.6) is 11.5 Å². The Hall–Kier alpha value is -2.25. The van der Waals surface area contributed by atoms with E-state index in [-0.39, 0.29) is 17.0 Å². The second kappa shape index (κ2) is 7.15. The van der Waals surface area contributed by atoms with Gasteiger partial charge in [-0.1, -0.05) is 17.7 Å². The molecule has 0 aliphatic heterocycles. The predicted octanol–water partition coefficient (Wildman–Crippen LogP) is 4.35. The van der Waals surface area contributed by atoms with E-state index < -0.39 is 11.7 Å². The molecule has 0 aliphatic rings. The summed E-state index contributed by atoms with van der Waals surface area (Å²) in [5.74, 6) is 0.0660. The smallest absolute Gasteiger partial charge is 0.129 e. The van der Waals surface area contributed by atoms with Crippen LogP contribution in [0.15, 0.2) is 36.4 Å². The van der Waals surface area contributed by atoms with Crippen LogP contribution in [0.4, 0.5) is 4.39 Å². The lowest BCUT2D eigenvalue weighted by atomic mass is 9.92. The fraction of sp³-hybridized carbons (Fsp3) is 0.235. The molecule has 1 unspecified atom stereocenters. The molecule has 0 bridgehead atoms. The van der Waals surface area contributed by atoms with Gasteiger partial charge in [-0.25, -0.2) is 4.39 Å². The minimum absolute atomic E-state index is 0.205. The standard InChI is InChI=1S/C17H15ClFNO2/c1-21-13-6-7-16(22-2)11(9-13)8-12(10-20)17-14(18)4-3-5-15(17)19/h3-7,9,12H,8H2,1-2H3. The second-order valence-electron chi connectivity index (χ2n) is 4.70. The Labute approximate surface area is 133 Å². The summed E-state index contributed by atoms with van der Waals surface area (Å²) in [6.07, 6.45) is 0.275. The zero-order valence-corrected chi connectivity index (χ0v) is 13.0. The highest BCUT2D eigenvalue weighted by Crippen LogP contribution is 2.33. The zero-order chi connectivity index (χ0) is 16.1. The van der Waals surface area contributed by atoms with Crippen molar-refractivity contribution in [2.75, 3.05) is 14.2 Å². The largest absolute Gasteiger partial charge is 0.497 e. The number of hydrogen-bond acceptors (Lipinski definition) is 3. The van der Waals surface area contributed by atoms with E-state index in [0.29, 0.717) is 11.5 Å². The highest BCUT2D eigenvalue weighted by molar-refractivity contribution is 6.31. The maximum Gasteiger partial charge on any atom is 0.129 e. The van der Waals surface area contributed by atoms with E-state index in [0.717, 1.165) is 5.56 Å². The highest BCUT2D eigenvalue weighted by atomic mass is 35.5. The lowest BCUT2D eigenvalue weighted by molar-refractivity contribution is 0.398. The van der Waals surface area contributed by atoms with Gasteiger partial charge in [0, 0.05) is 10.6 Å². The quantitative estimate of drug-likeness (QED) is 0.823. The summed E-state index contributed by atoms with van der Waals surface area (Å²) in [5, 5.41) is 9.68. The molecule has 0 aromatic heterocycles. The van der Waals surface area contributed by atoms with E-state index in [2.05, 4.69) is 6.07 Å². The van der Waals surface area contributed by atoms with Crippen molar-refractivity contribution in [3.8, 4) is 17.6 Å². The molecule has 0 radical (unpaired) electrons. The van der Waals surface area contributed by atoms with Gasteiger partial charge in [0.1, 0.15) is 17.3 Å². The van der Waals surface area contributed by atoms with Crippen LogP contribution in [0.3, 0.4) is 0 Å². The normalized spacial score (nSPS) is 11.6. The molecule has 0 amide bonds. The monoisotopic (exact) mass is 319 g/mol. The Bertz CT molecular complexity index is 692. The van der Waals surface area contributed by atoms with E-state index in [1.54, 1.807) is 38.5 Å². The summed E-state index contributed by atoms with van der Waals surface area (Å²) in [7, 11) is 3.10. The summed E-state index contributed by atoms with van der Waals surface area (Å²) in [6.45, 7) is 0. The molecule has 0 spiro atoms. The van der Waals surface area contributed by atoms with Crippen LogP contribution in [0.2, 0.25) is 5.02 Å². The first-order valence-electron chi connectivity index (χ1n) is 6.65. The van der Waals surface area contributed by atoms with Gasteiger partial charge in [-0.3, -0.25) is 0 Å². The molecule has 0 aliphatic carbocycles. The molecule has 5 heteroatoms. The average Bonchev–Trinajstić information content (AvgIpc) is 2.53. The first kappa shape index (κ1) is 16.1. The maximum atomic E-state index is 14.0. The lowest BCUT2D eigenvalue weighted by Gasteiger charge is -2.15. The Morgan fingerprint density at radius 1 is 1.23 bits per heavy atom. The van der Waals surface area contributed by atoms with Crippen LogP contribution < -0.4 is 9.47 Å². The van der Waals surface area contributed by atoms with Crippen molar-refractivity contribution in [3.63, 3.8) is 0 Å². The summed E-state index contributed by atoms with van der Waals surface area (Å²) >= 11 is 6.05. The van der Waals surface area contributed by atoms with Gasteiger partial charge in [0.15, 0.2) is 0 Å². The summed E-state index contributed by atoms with van der Waals surface area (Å²) in [4.78, 5) is 0. The number of nitriles is 1. The van der Waals surface area contributed by atoms with E-state index in [9.17, 15) is 9.65 Å². The molecule has 2 aromatic carbocycles. The SMILES string of the molecule is COc1ccc(OC)c(CC(C#N)c2c(F)cccc2Cl)c1. The third kappa shape index (κ3) is 3.32. The second-order valence-corrected chi connectivity index (χ2v) is 5.11. The van der Waals surface area contributed by atoms with Crippen LogP contribution in [0.25, 0.3) is 0 Å². The van der Waals surface area contributed by atoms with Crippen LogP contribution in [0.1, 0.15) is 17.0 Å². The van der Waals surface area contributed by atoms with E-state index in [4.69, 9.17) is 21.1 Å². The Morgan fingerprint density at radius 2 is 2.00 bits per heavy atom. The average molecular weight is 320 g/mol. The number of rotatable bonds is 5. The first-order chi connectivity index (χ1) is 10.6. The molecule has 3 nitrogen and oxygen atoms in total. The molecule has 0 saturated heterocycles. The third-order valence-corrected chi connectivity index (χ3v) is 3.75. The van der Waals surface area contributed by atoms with Crippen LogP contribution >= 0.6 is 11.6 Å². The lowest BCUT2D eigenvalue weighted by Crippen LogP contribution is -2.06. The van der Waals surface area contributed by atoms with Gasteiger partial charge in [0.25, 0.3) is 0 Å². The van der Waals surface area contributed by atoms with Crippen molar-refractivity contribution < 1.29 is 13.9 Å². The fourth-order valence-electron chi connectivity index (χ4n) is 2.32. The number of methoxy groups -OCH3 is 2. The first-order valence-corrected chi connectivity index (χ1v) is 7.03. The summed E-state index contributed by atoms with van der Waals surface area (Å²) < 4.78 is 24.5. The van der Waals surface area contributed by atoms with Crippen molar-refractivity contribution >= 4 is 11.6 Å². The zero-order valence-electron chi connectivity index (χ0n) is 12.3. The minimum atomic E-state index is -0.713. The van der Waals surface area contributed by atoms with Crippen molar-refractivity contribution in [2.24, 2.45) is 0 Å². The Kier molecular flexibility index (Phi) is 5.24. The van der Waals surface area contributed by atoms with Gasteiger partial charge >= 0.3 is 0 Å². The molecular weight excluding hydrogens is 305 g/mol. The topological polar surface area (TPSA) is 42.2 Å². The molecule has 0 N–H and O–H groups in total. The maximum absolute atomic E-state index is 14.0. The number of nitrogens with zero attached hydrogens (tertiary/aromatic N) is 1. The van der Waals surface area contributed by atoms with Gasteiger partial charge in [-0.15, -0.1) is 0 Å². The van der Waals surface area contributed by atoms with Gasteiger partial charge in [-0.05, 0) is 42.3 Å². The molecule has 0 saturated carbocycles. The molecule has 0 heterocycles. The third-order valence-electron chi connectivity index (χ3n) is 3.42. The van der Waals surface area contributed by atoms with Gasteiger partial charge in [0.05, 0.1) is 26.2 Å². The number of ether oxygens (including phenoxy) is 2.